The molecule has 1 fully saturated rings. The van der Waals surface area contributed by atoms with Gasteiger partial charge in [-0.05, 0) is 13.0 Å². The monoisotopic (exact) mass is 117 g/mol. The molecule has 1 aliphatic rings. The van der Waals surface area contributed by atoms with Crippen molar-refractivity contribution in [2.75, 3.05) is 13.2 Å². The molecule has 0 unspecified atom stereocenters. The minimum atomic E-state index is -0.333. The van der Waals surface area contributed by atoms with E-state index in [0.29, 0.717) is 0 Å². The van der Waals surface area contributed by atoms with E-state index in [0.717, 1.165) is 13.0 Å². The van der Waals surface area contributed by atoms with Crippen LogP contribution < -0.4 is 5.32 Å². The Morgan fingerprint density at radius 2 is 2.38 bits per heavy atom. The van der Waals surface area contributed by atoms with Crippen LogP contribution in [0.5, 0.6) is 0 Å². The molecule has 0 aromatic rings. The highest BCUT2D eigenvalue weighted by Gasteiger charge is 2.22. The average molecular weight is 117 g/mol. The van der Waals surface area contributed by atoms with Crippen LogP contribution >= 0.6 is 0 Å². The number of rotatable bonds is 1. The molecule has 2 atom stereocenters. The average Bonchev–Trinajstić information content (AvgIpc) is 2.14. The van der Waals surface area contributed by atoms with Crippen LogP contribution in [0.1, 0.15) is 6.42 Å². The predicted octanol–water partition coefficient (Wildman–Crippen LogP) is -1.30. The second kappa shape index (κ2) is 2.44. The first-order chi connectivity index (χ1) is 3.84. The lowest BCUT2D eigenvalue weighted by atomic mass is 10.2. The Morgan fingerprint density at radius 3 is 2.62 bits per heavy atom. The molecule has 1 heterocycles. The van der Waals surface area contributed by atoms with Gasteiger partial charge in [-0.25, -0.2) is 0 Å². The van der Waals surface area contributed by atoms with E-state index in [1.165, 1.54) is 0 Å². The van der Waals surface area contributed by atoms with E-state index in [1.807, 2.05) is 0 Å². The lowest BCUT2D eigenvalue weighted by Gasteiger charge is -2.09. The minimum absolute atomic E-state index is 0.0428. The Kier molecular flexibility index (Phi) is 1.83. The van der Waals surface area contributed by atoms with Crippen LogP contribution in [-0.2, 0) is 0 Å². The van der Waals surface area contributed by atoms with Crippen molar-refractivity contribution in [3.63, 3.8) is 0 Å². The molecule has 1 rings (SSSR count). The van der Waals surface area contributed by atoms with Crippen molar-refractivity contribution in [3.05, 3.63) is 0 Å². The van der Waals surface area contributed by atoms with Crippen molar-refractivity contribution < 1.29 is 10.2 Å². The predicted molar refractivity (Wildman–Crippen MR) is 29.5 cm³/mol. The largest absolute Gasteiger partial charge is 0.395 e. The molecule has 48 valence electrons. The fraction of sp³-hybridized carbons (Fsp3) is 1.00. The molecule has 0 amide bonds. The van der Waals surface area contributed by atoms with Crippen LogP contribution in [0.2, 0.25) is 0 Å². The molecule has 3 nitrogen and oxygen atoms in total. The molecular formula is C5H11NO2. The molecule has 0 saturated carbocycles. The molecule has 1 saturated heterocycles. The molecular weight excluding hydrogens is 106 g/mol. The van der Waals surface area contributed by atoms with Gasteiger partial charge in [0.1, 0.15) is 0 Å². The molecule has 0 spiro atoms. The molecule has 0 aliphatic carbocycles. The standard InChI is InChI=1S/C5H11NO2/c7-3-4-5(8)1-2-6-4/h4-8H,1-3H2/t4-,5-/m1/s1. The number of aliphatic hydroxyl groups excluding tert-OH is 2. The van der Waals surface area contributed by atoms with Gasteiger partial charge in [-0.2, -0.15) is 0 Å². The van der Waals surface area contributed by atoms with E-state index in [4.69, 9.17) is 10.2 Å². The topological polar surface area (TPSA) is 52.5 Å². The van der Waals surface area contributed by atoms with Crippen LogP contribution in [0.4, 0.5) is 0 Å². The van der Waals surface area contributed by atoms with Gasteiger partial charge in [0.2, 0.25) is 0 Å². The SMILES string of the molecule is OC[C@H]1NCC[C@H]1O. The van der Waals surface area contributed by atoms with Gasteiger partial charge in [0.25, 0.3) is 0 Å². The first-order valence-electron chi connectivity index (χ1n) is 2.87. The molecule has 0 bridgehead atoms. The maximum atomic E-state index is 8.97. The van der Waals surface area contributed by atoms with Crippen molar-refractivity contribution >= 4 is 0 Å². The Bertz CT molecular complexity index is 76.8. The summed E-state index contributed by atoms with van der Waals surface area (Å²) in [5, 5.41) is 20.4. The second-order valence-corrected chi connectivity index (χ2v) is 2.10. The van der Waals surface area contributed by atoms with Crippen LogP contribution in [-0.4, -0.2) is 35.5 Å². The van der Waals surface area contributed by atoms with Crippen molar-refractivity contribution in [1.29, 1.82) is 0 Å². The fourth-order valence-electron chi connectivity index (χ4n) is 0.940. The molecule has 8 heavy (non-hydrogen) atoms. The summed E-state index contributed by atoms with van der Waals surface area (Å²) in [4.78, 5) is 0. The summed E-state index contributed by atoms with van der Waals surface area (Å²) in [6.45, 7) is 0.869. The number of hydrogen-bond donors (Lipinski definition) is 3. The first kappa shape index (κ1) is 6.01. The highest BCUT2D eigenvalue weighted by molar-refractivity contribution is 4.81. The van der Waals surface area contributed by atoms with E-state index < -0.39 is 0 Å². The summed E-state index contributed by atoms with van der Waals surface area (Å²) in [5.74, 6) is 0. The Balaban J connectivity index is 2.30. The van der Waals surface area contributed by atoms with Gasteiger partial charge >= 0.3 is 0 Å². The van der Waals surface area contributed by atoms with E-state index in [9.17, 15) is 0 Å². The van der Waals surface area contributed by atoms with Gasteiger partial charge in [-0.15, -0.1) is 0 Å². The summed E-state index contributed by atoms with van der Waals surface area (Å²) in [7, 11) is 0. The first-order valence-corrected chi connectivity index (χ1v) is 2.87. The summed E-state index contributed by atoms with van der Waals surface area (Å²) in [5.41, 5.74) is 0. The zero-order chi connectivity index (χ0) is 5.98. The third-order valence-corrected chi connectivity index (χ3v) is 1.51. The summed E-state index contributed by atoms with van der Waals surface area (Å²) < 4.78 is 0. The van der Waals surface area contributed by atoms with E-state index >= 15 is 0 Å². The minimum Gasteiger partial charge on any atom is -0.395 e. The number of hydrogen-bond acceptors (Lipinski definition) is 3. The third kappa shape index (κ3) is 0.992. The van der Waals surface area contributed by atoms with Gasteiger partial charge in [0.15, 0.2) is 0 Å². The van der Waals surface area contributed by atoms with Crippen molar-refractivity contribution in [1.82, 2.24) is 5.32 Å². The van der Waals surface area contributed by atoms with E-state index in [-0.39, 0.29) is 18.8 Å². The third-order valence-electron chi connectivity index (χ3n) is 1.51. The highest BCUT2D eigenvalue weighted by Crippen LogP contribution is 2.04. The second-order valence-electron chi connectivity index (χ2n) is 2.10. The van der Waals surface area contributed by atoms with E-state index in [2.05, 4.69) is 5.32 Å². The van der Waals surface area contributed by atoms with Crippen molar-refractivity contribution in [2.24, 2.45) is 0 Å². The van der Waals surface area contributed by atoms with Crippen molar-refractivity contribution in [2.45, 2.75) is 18.6 Å². The van der Waals surface area contributed by atoms with E-state index in [1.54, 1.807) is 0 Å². The van der Waals surface area contributed by atoms with Gasteiger partial charge in [-0.1, -0.05) is 0 Å². The normalized spacial score (nSPS) is 38.2. The number of aliphatic hydroxyl groups is 2. The van der Waals surface area contributed by atoms with Gasteiger partial charge in [0.05, 0.1) is 18.8 Å². The summed E-state index contributed by atoms with van der Waals surface area (Å²) in [6, 6.07) is -0.0741. The van der Waals surface area contributed by atoms with Crippen LogP contribution in [0.3, 0.4) is 0 Å². The molecule has 3 heteroatoms. The summed E-state index contributed by atoms with van der Waals surface area (Å²) in [6.07, 6.45) is 0.436. The maximum Gasteiger partial charge on any atom is 0.0727 e. The Hall–Kier alpha value is -0.120. The maximum absolute atomic E-state index is 8.97. The van der Waals surface area contributed by atoms with Crippen LogP contribution in [0.25, 0.3) is 0 Å². The number of nitrogens with one attached hydrogen (secondary N) is 1. The highest BCUT2D eigenvalue weighted by atomic mass is 16.3. The van der Waals surface area contributed by atoms with Gasteiger partial charge in [-0.3, -0.25) is 0 Å². The molecule has 0 radical (unpaired) electrons. The lowest BCUT2D eigenvalue weighted by Crippen LogP contribution is -2.33. The summed E-state index contributed by atoms with van der Waals surface area (Å²) >= 11 is 0. The van der Waals surface area contributed by atoms with Gasteiger partial charge < -0.3 is 15.5 Å². The molecule has 1 aliphatic heterocycles. The zero-order valence-electron chi connectivity index (χ0n) is 4.67. The van der Waals surface area contributed by atoms with Crippen molar-refractivity contribution in [3.8, 4) is 0 Å². The molecule has 0 aromatic carbocycles. The quantitative estimate of drug-likeness (QED) is 0.400. The van der Waals surface area contributed by atoms with Gasteiger partial charge in [0, 0.05) is 0 Å². The van der Waals surface area contributed by atoms with Crippen LogP contribution in [0.15, 0.2) is 0 Å². The molecule has 0 aromatic heterocycles. The van der Waals surface area contributed by atoms with Crippen LogP contribution in [0, 0.1) is 0 Å². The lowest BCUT2D eigenvalue weighted by molar-refractivity contribution is 0.121. The Morgan fingerprint density at radius 1 is 1.62 bits per heavy atom. The fourth-order valence-corrected chi connectivity index (χ4v) is 0.940. The Labute approximate surface area is 48.3 Å². The molecule has 3 N–H and O–H groups in total. The zero-order valence-corrected chi connectivity index (χ0v) is 4.67. The smallest absolute Gasteiger partial charge is 0.0727 e.